The summed E-state index contributed by atoms with van der Waals surface area (Å²) >= 11 is 1.31. The fraction of sp³-hybridized carbons (Fsp3) is 0.240. The first-order chi connectivity index (χ1) is 17.1. The highest BCUT2D eigenvalue weighted by molar-refractivity contribution is 7.99. The van der Waals surface area contributed by atoms with Gasteiger partial charge in [0.05, 0.1) is 39.4 Å². The van der Waals surface area contributed by atoms with E-state index in [4.69, 9.17) is 18.9 Å². The van der Waals surface area contributed by atoms with Gasteiger partial charge in [-0.05, 0) is 55.5 Å². The molecule has 1 N–H and O–H groups in total. The summed E-state index contributed by atoms with van der Waals surface area (Å²) in [4.78, 5) is 15.5. The van der Waals surface area contributed by atoms with Crippen LogP contribution in [0.25, 0.3) is 17.1 Å². The van der Waals surface area contributed by atoms with E-state index in [9.17, 15) is 4.79 Å². The number of rotatable bonds is 11. The number of nitrogens with zero attached hydrogens (tertiary/aromatic N) is 3. The number of thioether (sulfide) groups is 1. The molecule has 0 aliphatic carbocycles. The Morgan fingerprint density at radius 2 is 1.71 bits per heavy atom. The third-order valence-electron chi connectivity index (χ3n) is 5.19. The smallest absolute Gasteiger partial charge is 0.203 e. The molecule has 4 rings (SSSR count). The van der Waals surface area contributed by atoms with Crippen LogP contribution < -0.4 is 18.9 Å². The van der Waals surface area contributed by atoms with Crippen LogP contribution in [0, 0.1) is 0 Å². The highest BCUT2D eigenvalue weighted by Gasteiger charge is 2.21. The molecule has 0 aliphatic heterocycles. The molecule has 9 nitrogen and oxygen atoms in total. The maximum Gasteiger partial charge on any atom is 0.203 e. The van der Waals surface area contributed by atoms with Gasteiger partial charge in [-0.3, -0.25) is 9.36 Å². The number of Topliss-reactive ketones (excluding diaryl/α,β-unsaturated/α-hetero) is 1. The first-order valence-electron chi connectivity index (χ1n) is 10.9. The van der Waals surface area contributed by atoms with Gasteiger partial charge in [-0.25, -0.2) is 0 Å². The Hall–Kier alpha value is -3.92. The lowest BCUT2D eigenvalue weighted by atomic mass is 10.1. The van der Waals surface area contributed by atoms with Crippen LogP contribution in [-0.4, -0.2) is 59.2 Å². The monoisotopic (exact) mass is 494 g/mol. The second-order valence-electron chi connectivity index (χ2n) is 7.28. The zero-order valence-electron chi connectivity index (χ0n) is 19.9. The van der Waals surface area contributed by atoms with Gasteiger partial charge in [0, 0.05) is 17.4 Å². The number of nitrogens with one attached hydrogen (secondary N) is 1. The zero-order chi connectivity index (χ0) is 24.8. The van der Waals surface area contributed by atoms with Crippen LogP contribution in [0.2, 0.25) is 0 Å². The number of ketones is 1. The van der Waals surface area contributed by atoms with E-state index in [1.807, 2.05) is 47.9 Å². The first kappa shape index (κ1) is 24.2. The number of hydrogen-bond donors (Lipinski definition) is 1. The molecule has 2 heterocycles. The summed E-state index contributed by atoms with van der Waals surface area (Å²) in [6.45, 7) is 2.51. The molecule has 2 aromatic carbocycles. The number of methoxy groups -OCH3 is 3. The predicted octanol–water partition coefficient (Wildman–Crippen LogP) is 4.66. The minimum atomic E-state index is -0.0319. The van der Waals surface area contributed by atoms with E-state index in [1.165, 1.54) is 11.8 Å². The van der Waals surface area contributed by atoms with Crippen LogP contribution in [0.15, 0.2) is 59.9 Å². The van der Waals surface area contributed by atoms with E-state index in [0.717, 1.165) is 11.4 Å². The van der Waals surface area contributed by atoms with Crippen LogP contribution in [0.4, 0.5) is 0 Å². The molecule has 4 aromatic rings. The lowest BCUT2D eigenvalue weighted by Gasteiger charge is -2.15. The van der Waals surface area contributed by atoms with Gasteiger partial charge in [-0.1, -0.05) is 11.8 Å². The van der Waals surface area contributed by atoms with Crippen LogP contribution in [-0.2, 0) is 0 Å². The largest absolute Gasteiger partial charge is 0.494 e. The van der Waals surface area contributed by atoms with Gasteiger partial charge in [0.15, 0.2) is 28.3 Å². The van der Waals surface area contributed by atoms with Crippen LogP contribution >= 0.6 is 11.8 Å². The fourth-order valence-corrected chi connectivity index (χ4v) is 4.40. The van der Waals surface area contributed by atoms with Crippen LogP contribution in [0.1, 0.15) is 17.4 Å². The summed E-state index contributed by atoms with van der Waals surface area (Å²) in [5, 5.41) is 9.43. The van der Waals surface area contributed by atoms with Gasteiger partial charge in [-0.15, -0.1) is 10.2 Å². The van der Waals surface area contributed by atoms with Gasteiger partial charge in [0.25, 0.3) is 0 Å². The standard InChI is InChI=1S/C25H26N4O5S/c1-5-34-18-10-8-17(9-11-18)29-24(16-13-21(31-2)23(33-4)22(14-16)32-3)27-28-25(29)35-15-20(30)19-7-6-12-26-19/h6-14,26H,5,15H2,1-4H3. The van der Waals surface area contributed by atoms with E-state index in [1.54, 1.807) is 39.7 Å². The predicted molar refractivity (Wildman–Crippen MR) is 133 cm³/mol. The molecule has 10 heteroatoms. The molecule has 0 spiro atoms. The minimum Gasteiger partial charge on any atom is -0.494 e. The average molecular weight is 495 g/mol. The van der Waals surface area contributed by atoms with Crippen molar-refractivity contribution in [3.8, 4) is 40.1 Å². The summed E-state index contributed by atoms with van der Waals surface area (Å²) in [7, 11) is 4.68. The number of carbonyl (C=O) groups excluding carboxylic acids is 1. The number of ether oxygens (including phenoxy) is 4. The summed E-state index contributed by atoms with van der Waals surface area (Å²) in [5.41, 5.74) is 2.08. The third-order valence-corrected chi connectivity index (χ3v) is 6.12. The molecular formula is C25H26N4O5S. The quantitative estimate of drug-likeness (QED) is 0.237. The topological polar surface area (TPSA) is 100 Å². The molecule has 2 aromatic heterocycles. The Kier molecular flexibility index (Phi) is 7.61. The Labute approximate surface area is 207 Å². The lowest BCUT2D eigenvalue weighted by Crippen LogP contribution is -2.05. The van der Waals surface area contributed by atoms with E-state index in [2.05, 4.69) is 15.2 Å². The summed E-state index contributed by atoms with van der Waals surface area (Å²) < 4.78 is 24.0. The number of carbonyl (C=O) groups is 1. The van der Waals surface area contributed by atoms with Gasteiger partial charge in [0.1, 0.15) is 5.75 Å². The summed E-state index contributed by atoms with van der Waals surface area (Å²) in [5.74, 6) is 2.97. The Morgan fingerprint density at radius 1 is 1.00 bits per heavy atom. The molecule has 0 fully saturated rings. The highest BCUT2D eigenvalue weighted by Crippen LogP contribution is 2.41. The van der Waals surface area contributed by atoms with E-state index < -0.39 is 0 Å². The number of benzene rings is 2. The minimum absolute atomic E-state index is 0.0319. The maximum absolute atomic E-state index is 12.6. The second-order valence-corrected chi connectivity index (χ2v) is 8.22. The van der Waals surface area contributed by atoms with Crippen molar-refractivity contribution in [3.05, 3.63) is 60.4 Å². The molecule has 0 bridgehead atoms. The molecule has 0 radical (unpaired) electrons. The number of aromatic amines is 1. The SMILES string of the molecule is CCOc1ccc(-n2c(SCC(=O)c3ccc[nH]3)nnc2-c2cc(OC)c(OC)c(OC)c2)cc1. The molecule has 0 saturated carbocycles. The zero-order valence-corrected chi connectivity index (χ0v) is 20.7. The summed E-state index contributed by atoms with van der Waals surface area (Å²) in [6.07, 6.45) is 1.73. The van der Waals surface area contributed by atoms with Crippen molar-refractivity contribution in [2.45, 2.75) is 12.1 Å². The van der Waals surface area contributed by atoms with Gasteiger partial charge >= 0.3 is 0 Å². The van der Waals surface area contributed by atoms with E-state index >= 15 is 0 Å². The lowest BCUT2D eigenvalue weighted by molar-refractivity contribution is 0.101. The van der Waals surface area contributed by atoms with Gasteiger partial charge in [-0.2, -0.15) is 0 Å². The number of aromatic nitrogens is 4. The molecule has 0 unspecified atom stereocenters. The van der Waals surface area contributed by atoms with Crippen molar-refractivity contribution in [2.24, 2.45) is 0 Å². The second kappa shape index (κ2) is 11.0. The first-order valence-corrected chi connectivity index (χ1v) is 11.9. The van der Waals surface area contributed by atoms with E-state index in [0.29, 0.717) is 46.1 Å². The van der Waals surface area contributed by atoms with Gasteiger partial charge in [0.2, 0.25) is 5.75 Å². The molecule has 182 valence electrons. The van der Waals surface area contributed by atoms with Crippen molar-refractivity contribution >= 4 is 17.5 Å². The molecule has 0 saturated heterocycles. The third kappa shape index (κ3) is 5.12. The van der Waals surface area contributed by atoms with Crippen LogP contribution in [0.3, 0.4) is 0 Å². The molecular weight excluding hydrogens is 468 g/mol. The fourth-order valence-electron chi connectivity index (χ4n) is 3.56. The van der Waals surface area contributed by atoms with Gasteiger partial charge < -0.3 is 23.9 Å². The highest BCUT2D eigenvalue weighted by atomic mass is 32.2. The number of H-pyrrole nitrogens is 1. The molecule has 0 aliphatic rings. The molecule has 0 atom stereocenters. The van der Waals surface area contributed by atoms with Crippen LogP contribution in [0.5, 0.6) is 23.0 Å². The Bertz CT molecular complexity index is 1260. The van der Waals surface area contributed by atoms with Crippen molar-refractivity contribution < 1.29 is 23.7 Å². The molecule has 35 heavy (non-hydrogen) atoms. The number of hydrogen-bond acceptors (Lipinski definition) is 8. The van der Waals surface area contributed by atoms with Crippen molar-refractivity contribution in [1.29, 1.82) is 0 Å². The Balaban J connectivity index is 1.78. The van der Waals surface area contributed by atoms with Crippen molar-refractivity contribution in [3.63, 3.8) is 0 Å². The molecule has 0 amide bonds. The van der Waals surface area contributed by atoms with E-state index in [-0.39, 0.29) is 11.5 Å². The van der Waals surface area contributed by atoms with Crippen molar-refractivity contribution in [1.82, 2.24) is 19.7 Å². The normalized spacial score (nSPS) is 10.7. The average Bonchev–Trinajstić information content (AvgIpc) is 3.58. The van der Waals surface area contributed by atoms with Crippen molar-refractivity contribution in [2.75, 3.05) is 33.7 Å². The Morgan fingerprint density at radius 3 is 2.29 bits per heavy atom. The summed E-state index contributed by atoms with van der Waals surface area (Å²) in [6, 6.07) is 14.8. The maximum atomic E-state index is 12.6.